The lowest BCUT2D eigenvalue weighted by atomic mass is 10.3. The second-order valence-corrected chi connectivity index (χ2v) is 7.76. The molecule has 10 heavy (non-hydrogen) atoms. The molecular formula is C8H16OSi. The molecule has 0 aliphatic carbocycles. The molecule has 0 aromatic heterocycles. The van der Waals surface area contributed by atoms with Crippen molar-refractivity contribution in [2.24, 2.45) is 0 Å². The summed E-state index contributed by atoms with van der Waals surface area (Å²) >= 11 is 0. The van der Waals surface area contributed by atoms with Gasteiger partial charge in [0.05, 0.1) is 6.26 Å². The van der Waals surface area contributed by atoms with Crippen LogP contribution in [-0.2, 0) is 4.43 Å². The summed E-state index contributed by atoms with van der Waals surface area (Å²) < 4.78 is 5.49. The molecule has 0 saturated heterocycles. The van der Waals surface area contributed by atoms with Crippen LogP contribution in [0.3, 0.4) is 0 Å². The van der Waals surface area contributed by atoms with E-state index in [1.54, 1.807) is 12.3 Å². The van der Waals surface area contributed by atoms with E-state index in [2.05, 4.69) is 26.2 Å². The van der Waals surface area contributed by atoms with Gasteiger partial charge in [-0.1, -0.05) is 12.7 Å². The van der Waals surface area contributed by atoms with Crippen LogP contribution in [0.4, 0.5) is 0 Å². The second-order valence-electron chi connectivity index (χ2n) is 3.30. The van der Waals surface area contributed by atoms with E-state index in [-0.39, 0.29) is 0 Å². The average Bonchev–Trinajstić information content (AvgIpc) is 1.81. The highest BCUT2D eigenvalue weighted by molar-refractivity contribution is 6.69. The predicted molar refractivity (Wildman–Crippen MR) is 48.4 cm³/mol. The van der Waals surface area contributed by atoms with Crippen LogP contribution in [-0.4, -0.2) is 8.32 Å². The normalized spacial score (nSPS) is 13.0. The van der Waals surface area contributed by atoms with Gasteiger partial charge >= 0.3 is 0 Å². The Labute approximate surface area is 64.5 Å². The van der Waals surface area contributed by atoms with Crippen LogP contribution in [0.1, 0.15) is 6.92 Å². The van der Waals surface area contributed by atoms with Crippen molar-refractivity contribution in [2.45, 2.75) is 26.6 Å². The molecule has 1 nitrogen and oxygen atoms in total. The summed E-state index contributed by atoms with van der Waals surface area (Å²) in [5, 5.41) is 0. The van der Waals surface area contributed by atoms with Crippen LogP contribution in [0.25, 0.3) is 0 Å². The smallest absolute Gasteiger partial charge is 0.241 e. The SMILES string of the molecule is C=CC(C)=CO[Si](C)(C)C. The van der Waals surface area contributed by atoms with Gasteiger partial charge in [0.25, 0.3) is 0 Å². The van der Waals surface area contributed by atoms with Crippen molar-refractivity contribution in [1.29, 1.82) is 0 Å². The molecular weight excluding hydrogens is 140 g/mol. The zero-order chi connectivity index (χ0) is 8.20. The summed E-state index contributed by atoms with van der Waals surface area (Å²) in [6.45, 7) is 12.1. The third-order valence-electron chi connectivity index (χ3n) is 0.920. The van der Waals surface area contributed by atoms with Gasteiger partial charge in [-0.15, -0.1) is 0 Å². The largest absolute Gasteiger partial charge is 0.549 e. The molecule has 0 fully saturated rings. The molecule has 0 atom stereocenters. The minimum atomic E-state index is -1.36. The molecule has 58 valence electrons. The van der Waals surface area contributed by atoms with Crippen LogP contribution in [0, 0.1) is 0 Å². The van der Waals surface area contributed by atoms with Crippen LogP contribution < -0.4 is 0 Å². The Morgan fingerprint density at radius 1 is 1.40 bits per heavy atom. The van der Waals surface area contributed by atoms with E-state index in [4.69, 9.17) is 4.43 Å². The van der Waals surface area contributed by atoms with Crippen molar-refractivity contribution in [3.63, 3.8) is 0 Å². The molecule has 0 radical (unpaired) electrons. The molecule has 0 bridgehead atoms. The monoisotopic (exact) mass is 156 g/mol. The topological polar surface area (TPSA) is 9.23 Å². The molecule has 0 aromatic carbocycles. The predicted octanol–water partition coefficient (Wildman–Crippen LogP) is 2.93. The fourth-order valence-corrected chi connectivity index (χ4v) is 0.857. The second kappa shape index (κ2) is 3.61. The number of rotatable bonds is 3. The van der Waals surface area contributed by atoms with Gasteiger partial charge in [-0.25, -0.2) is 0 Å². The molecule has 0 spiro atoms. The van der Waals surface area contributed by atoms with Crippen LogP contribution >= 0.6 is 0 Å². The fraction of sp³-hybridized carbons (Fsp3) is 0.500. The Morgan fingerprint density at radius 3 is 2.20 bits per heavy atom. The van der Waals surface area contributed by atoms with Crippen molar-refractivity contribution < 1.29 is 4.43 Å². The van der Waals surface area contributed by atoms with E-state index in [0.29, 0.717) is 0 Å². The molecule has 0 aromatic rings. The van der Waals surface area contributed by atoms with E-state index in [0.717, 1.165) is 5.57 Å². The molecule has 0 saturated carbocycles. The molecule has 0 heterocycles. The maximum Gasteiger partial charge on any atom is 0.241 e. The lowest BCUT2D eigenvalue weighted by Crippen LogP contribution is -2.22. The van der Waals surface area contributed by atoms with Gasteiger partial charge in [0.2, 0.25) is 8.32 Å². The Morgan fingerprint density at radius 2 is 1.90 bits per heavy atom. The standard InChI is InChI=1S/C8H16OSi/c1-6-8(2)7-9-10(3,4)5/h6-7H,1H2,2-5H3. The number of hydrogen-bond donors (Lipinski definition) is 0. The van der Waals surface area contributed by atoms with Gasteiger partial charge < -0.3 is 4.43 Å². The summed E-state index contributed by atoms with van der Waals surface area (Å²) in [5.41, 5.74) is 1.09. The molecule has 2 heteroatoms. The average molecular weight is 156 g/mol. The van der Waals surface area contributed by atoms with E-state index < -0.39 is 8.32 Å². The maximum absolute atomic E-state index is 5.49. The molecule has 0 N–H and O–H groups in total. The molecule has 0 aliphatic rings. The van der Waals surface area contributed by atoms with Crippen LogP contribution in [0.15, 0.2) is 24.5 Å². The first kappa shape index (κ1) is 9.50. The highest BCUT2D eigenvalue weighted by atomic mass is 28.4. The van der Waals surface area contributed by atoms with Gasteiger partial charge in [0, 0.05) is 0 Å². The summed E-state index contributed by atoms with van der Waals surface area (Å²) in [5.74, 6) is 0. The third kappa shape index (κ3) is 5.63. The number of allylic oxidation sites excluding steroid dienone is 2. The van der Waals surface area contributed by atoms with Crippen molar-refractivity contribution in [3.05, 3.63) is 24.5 Å². The van der Waals surface area contributed by atoms with Gasteiger partial charge in [0.1, 0.15) is 0 Å². The Hall–Kier alpha value is -0.503. The van der Waals surface area contributed by atoms with Crippen molar-refractivity contribution in [2.75, 3.05) is 0 Å². The minimum absolute atomic E-state index is 1.09. The van der Waals surface area contributed by atoms with Gasteiger partial charge in [-0.2, -0.15) is 0 Å². The first-order valence-corrected chi connectivity index (χ1v) is 6.83. The van der Waals surface area contributed by atoms with Gasteiger partial charge in [-0.3, -0.25) is 0 Å². The molecule has 0 rings (SSSR count). The van der Waals surface area contributed by atoms with Crippen molar-refractivity contribution in [3.8, 4) is 0 Å². The highest BCUT2D eigenvalue weighted by Crippen LogP contribution is 2.05. The van der Waals surface area contributed by atoms with E-state index >= 15 is 0 Å². The lowest BCUT2D eigenvalue weighted by molar-refractivity contribution is 0.475. The summed E-state index contributed by atoms with van der Waals surface area (Å²) in [4.78, 5) is 0. The quantitative estimate of drug-likeness (QED) is 0.347. The maximum atomic E-state index is 5.49. The first-order chi connectivity index (χ1) is 4.45. The Kier molecular flexibility index (Phi) is 3.43. The van der Waals surface area contributed by atoms with E-state index in [1.807, 2.05) is 6.92 Å². The van der Waals surface area contributed by atoms with Crippen LogP contribution in [0.5, 0.6) is 0 Å². The molecule has 0 unspecified atom stereocenters. The zero-order valence-corrected chi connectivity index (χ0v) is 8.27. The minimum Gasteiger partial charge on any atom is -0.549 e. The highest BCUT2D eigenvalue weighted by Gasteiger charge is 2.12. The van der Waals surface area contributed by atoms with Gasteiger partial charge in [-0.05, 0) is 32.1 Å². The zero-order valence-electron chi connectivity index (χ0n) is 7.27. The summed E-state index contributed by atoms with van der Waals surface area (Å²) in [7, 11) is -1.36. The summed E-state index contributed by atoms with van der Waals surface area (Å²) in [6.07, 6.45) is 3.58. The third-order valence-corrected chi connectivity index (χ3v) is 1.75. The Balaban J connectivity index is 3.84. The van der Waals surface area contributed by atoms with Gasteiger partial charge in [0.15, 0.2) is 0 Å². The first-order valence-electron chi connectivity index (χ1n) is 3.43. The van der Waals surface area contributed by atoms with Crippen LogP contribution in [0.2, 0.25) is 19.6 Å². The fourth-order valence-electron chi connectivity index (χ4n) is 0.318. The molecule has 0 aliphatic heterocycles. The van der Waals surface area contributed by atoms with Crippen molar-refractivity contribution in [1.82, 2.24) is 0 Å². The summed E-state index contributed by atoms with van der Waals surface area (Å²) in [6, 6.07) is 0. The van der Waals surface area contributed by atoms with E-state index in [1.165, 1.54) is 0 Å². The number of hydrogen-bond acceptors (Lipinski definition) is 1. The lowest BCUT2D eigenvalue weighted by Gasteiger charge is -2.15. The Bertz CT molecular complexity index is 142. The van der Waals surface area contributed by atoms with Crippen molar-refractivity contribution >= 4 is 8.32 Å². The molecule has 0 amide bonds. The van der Waals surface area contributed by atoms with E-state index in [9.17, 15) is 0 Å².